The first kappa shape index (κ1) is 51.6. The molecule has 0 radical (unpaired) electrons. The Morgan fingerprint density at radius 2 is 0.630 bits per heavy atom. The third-order valence-electron chi connectivity index (χ3n) is 9.84. The van der Waals surface area contributed by atoms with Gasteiger partial charge in [0, 0.05) is 19.3 Å². The molecule has 0 fully saturated rings. The Balaban J connectivity index is 4.42. The Kier molecular flexibility index (Phi) is 41.5. The lowest BCUT2D eigenvalue weighted by molar-refractivity contribution is -0.167. The summed E-state index contributed by atoms with van der Waals surface area (Å²) in [6, 6.07) is 0. The van der Waals surface area contributed by atoms with Crippen molar-refractivity contribution < 1.29 is 28.6 Å². The molecule has 6 heteroatoms. The van der Waals surface area contributed by atoms with Crippen molar-refractivity contribution in [3.8, 4) is 0 Å². The smallest absolute Gasteiger partial charge is 0.306 e. The van der Waals surface area contributed by atoms with E-state index >= 15 is 0 Å². The van der Waals surface area contributed by atoms with Gasteiger partial charge in [0.05, 0.1) is 0 Å². The molecule has 0 spiro atoms. The molecule has 1 unspecified atom stereocenters. The Morgan fingerprint density at radius 3 is 1.00 bits per heavy atom. The summed E-state index contributed by atoms with van der Waals surface area (Å²) in [7, 11) is 0. The summed E-state index contributed by atoms with van der Waals surface area (Å²) in [4.78, 5) is 37.7. The molecule has 0 N–H and O–H groups in total. The van der Waals surface area contributed by atoms with Crippen molar-refractivity contribution in [2.24, 2.45) is 0 Å². The van der Waals surface area contributed by atoms with Crippen molar-refractivity contribution in [2.45, 2.75) is 239 Å². The van der Waals surface area contributed by atoms with Crippen molar-refractivity contribution in [1.29, 1.82) is 0 Å². The van der Waals surface area contributed by atoms with E-state index in [-0.39, 0.29) is 31.1 Å². The number of carbonyl (C=O) groups is 3. The lowest BCUT2D eigenvalue weighted by atomic mass is 10.1. The minimum atomic E-state index is -0.786. The molecular formula is C48H86O6. The van der Waals surface area contributed by atoms with E-state index in [9.17, 15) is 14.4 Å². The lowest BCUT2D eigenvalue weighted by Crippen LogP contribution is -2.30. The number of unbranched alkanes of at least 4 members (excludes halogenated alkanes) is 24. The third kappa shape index (κ3) is 40.8. The lowest BCUT2D eigenvalue weighted by Gasteiger charge is -2.18. The molecule has 1 atom stereocenters. The minimum absolute atomic E-state index is 0.0884. The van der Waals surface area contributed by atoms with Crippen LogP contribution >= 0.6 is 0 Å². The van der Waals surface area contributed by atoms with E-state index in [2.05, 4.69) is 57.2 Å². The molecular weight excluding hydrogens is 673 g/mol. The zero-order valence-electron chi connectivity index (χ0n) is 35.7. The average molecular weight is 759 g/mol. The normalized spacial score (nSPS) is 12.3. The fourth-order valence-electron chi connectivity index (χ4n) is 6.29. The van der Waals surface area contributed by atoms with Crippen LogP contribution in [0.2, 0.25) is 0 Å². The first-order valence-electron chi connectivity index (χ1n) is 23.0. The Hall–Kier alpha value is -2.37. The van der Waals surface area contributed by atoms with E-state index in [0.717, 1.165) is 103 Å². The van der Waals surface area contributed by atoms with Gasteiger partial charge in [-0.05, 0) is 89.9 Å². The van der Waals surface area contributed by atoms with Crippen molar-refractivity contribution in [1.82, 2.24) is 0 Å². The molecule has 0 heterocycles. The van der Waals surface area contributed by atoms with Gasteiger partial charge in [0.15, 0.2) is 6.10 Å². The maximum Gasteiger partial charge on any atom is 0.306 e. The first-order valence-corrected chi connectivity index (χ1v) is 23.0. The summed E-state index contributed by atoms with van der Waals surface area (Å²) in [5.41, 5.74) is 0. The minimum Gasteiger partial charge on any atom is -0.462 e. The van der Waals surface area contributed by atoms with Crippen molar-refractivity contribution >= 4 is 17.9 Å². The monoisotopic (exact) mass is 759 g/mol. The molecule has 54 heavy (non-hydrogen) atoms. The second kappa shape index (κ2) is 43.4. The highest BCUT2D eigenvalue weighted by atomic mass is 16.6. The SMILES string of the molecule is CCCC/C=C\CCCCCCC(=O)OCC(COC(=O)CCCCC/C=C\CCCCCCCC)OC(=O)CCCCC/C=C\CCCCCCCC. The van der Waals surface area contributed by atoms with Crippen LogP contribution in [0.1, 0.15) is 233 Å². The number of rotatable bonds is 41. The largest absolute Gasteiger partial charge is 0.462 e. The number of hydrogen-bond acceptors (Lipinski definition) is 6. The summed E-state index contributed by atoms with van der Waals surface area (Å²) in [6.45, 7) is 6.53. The van der Waals surface area contributed by atoms with Crippen LogP contribution in [0.5, 0.6) is 0 Å². The zero-order chi connectivity index (χ0) is 39.4. The molecule has 0 saturated heterocycles. The topological polar surface area (TPSA) is 78.9 Å². The van der Waals surface area contributed by atoms with Crippen LogP contribution in [0, 0.1) is 0 Å². The van der Waals surface area contributed by atoms with Gasteiger partial charge in [-0.1, -0.05) is 160 Å². The number of allylic oxidation sites excluding steroid dienone is 6. The quantitative estimate of drug-likeness (QED) is 0.0267. The van der Waals surface area contributed by atoms with Crippen LogP contribution in [0.3, 0.4) is 0 Å². The van der Waals surface area contributed by atoms with E-state index in [0.29, 0.717) is 19.3 Å². The summed E-state index contributed by atoms with van der Waals surface area (Å²) < 4.78 is 16.7. The molecule has 6 nitrogen and oxygen atoms in total. The second-order valence-corrected chi connectivity index (χ2v) is 15.3. The molecule has 0 aromatic carbocycles. The Bertz CT molecular complexity index is 922. The molecule has 0 saturated carbocycles. The number of carbonyl (C=O) groups excluding carboxylic acids is 3. The predicted molar refractivity (Wildman–Crippen MR) is 229 cm³/mol. The zero-order valence-corrected chi connectivity index (χ0v) is 35.7. The highest BCUT2D eigenvalue weighted by Gasteiger charge is 2.19. The molecule has 0 aromatic rings. The highest BCUT2D eigenvalue weighted by molar-refractivity contribution is 5.71. The van der Waals surface area contributed by atoms with E-state index in [1.807, 2.05) is 0 Å². The van der Waals surface area contributed by atoms with Gasteiger partial charge in [-0.25, -0.2) is 0 Å². The molecule has 0 aromatic heterocycles. The first-order chi connectivity index (χ1) is 26.5. The van der Waals surface area contributed by atoms with Crippen LogP contribution in [-0.4, -0.2) is 37.2 Å². The van der Waals surface area contributed by atoms with Crippen LogP contribution in [0.4, 0.5) is 0 Å². The van der Waals surface area contributed by atoms with Crippen LogP contribution < -0.4 is 0 Å². The van der Waals surface area contributed by atoms with E-state index in [1.165, 1.54) is 89.9 Å². The van der Waals surface area contributed by atoms with Crippen molar-refractivity contribution in [3.63, 3.8) is 0 Å². The maximum atomic E-state index is 12.7. The van der Waals surface area contributed by atoms with Crippen LogP contribution in [-0.2, 0) is 28.6 Å². The summed E-state index contributed by atoms with van der Waals surface area (Å²) in [6.07, 6.45) is 48.4. The molecule has 0 aliphatic carbocycles. The Labute approximate surface area is 334 Å². The van der Waals surface area contributed by atoms with E-state index < -0.39 is 6.10 Å². The fraction of sp³-hybridized carbons (Fsp3) is 0.812. The van der Waals surface area contributed by atoms with Crippen LogP contribution in [0.25, 0.3) is 0 Å². The van der Waals surface area contributed by atoms with Gasteiger partial charge in [0.2, 0.25) is 0 Å². The standard InChI is InChI=1S/C48H86O6/c1-4-7-10-13-16-19-22-24-26-29-32-35-38-41-47(50)53-44-45(43-52-46(49)40-37-34-31-28-21-18-15-12-9-6-3)54-48(51)42-39-36-33-30-27-25-23-20-17-14-11-8-5-2/h15,18,24-27,45H,4-14,16-17,19-23,28-44H2,1-3H3/b18-15-,26-24-,27-25-. The van der Waals surface area contributed by atoms with Gasteiger partial charge >= 0.3 is 17.9 Å². The highest BCUT2D eigenvalue weighted by Crippen LogP contribution is 2.13. The molecule has 0 aliphatic rings. The average Bonchev–Trinajstić information content (AvgIpc) is 3.17. The summed E-state index contributed by atoms with van der Waals surface area (Å²) >= 11 is 0. The molecule has 0 bridgehead atoms. The van der Waals surface area contributed by atoms with E-state index in [4.69, 9.17) is 14.2 Å². The van der Waals surface area contributed by atoms with Crippen molar-refractivity contribution in [2.75, 3.05) is 13.2 Å². The van der Waals surface area contributed by atoms with Crippen LogP contribution in [0.15, 0.2) is 36.5 Å². The van der Waals surface area contributed by atoms with E-state index in [1.54, 1.807) is 0 Å². The maximum absolute atomic E-state index is 12.7. The van der Waals surface area contributed by atoms with Gasteiger partial charge in [-0.2, -0.15) is 0 Å². The summed E-state index contributed by atoms with van der Waals surface area (Å²) in [5, 5.41) is 0. The number of hydrogen-bond donors (Lipinski definition) is 0. The molecule has 314 valence electrons. The van der Waals surface area contributed by atoms with Gasteiger partial charge in [0.1, 0.15) is 13.2 Å². The van der Waals surface area contributed by atoms with Gasteiger partial charge in [0.25, 0.3) is 0 Å². The third-order valence-corrected chi connectivity index (χ3v) is 9.84. The number of esters is 3. The molecule has 0 rings (SSSR count). The van der Waals surface area contributed by atoms with Gasteiger partial charge in [-0.3, -0.25) is 14.4 Å². The number of ether oxygens (including phenoxy) is 3. The fourth-order valence-corrected chi connectivity index (χ4v) is 6.29. The molecule has 0 amide bonds. The second-order valence-electron chi connectivity index (χ2n) is 15.3. The van der Waals surface area contributed by atoms with Gasteiger partial charge < -0.3 is 14.2 Å². The van der Waals surface area contributed by atoms with Gasteiger partial charge in [-0.15, -0.1) is 0 Å². The van der Waals surface area contributed by atoms with Crippen molar-refractivity contribution in [3.05, 3.63) is 36.5 Å². The summed E-state index contributed by atoms with van der Waals surface area (Å²) in [5.74, 6) is -0.933. The Morgan fingerprint density at radius 1 is 0.352 bits per heavy atom. The molecule has 0 aliphatic heterocycles. The predicted octanol–water partition coefficient (Wildman–Crippen LogP) is 14.6.